The van der Waals surface area contributed by atoms with E-state index in [0.29, 0.717) is 11.4 Å². The van der Waals surface area contributed by atoms with Gasteiger partial charge in [0.2, 0.25) is 5.91 Å². The van der Waals surface area contributed by atoms with E-state index in [0.717, 1.165) is 0 Å². The lowest BCUT2D eigenvalue weighted by molar-refractivity contribution is -0.389. The molecule has 24 heavy (non-hydrogen) atoms. The Bertz CT molecular complexity index is 783. The standard InChI is InChI=1S/C14H15N5O5/c1-9(8-17-10(2)7-13(16-17)19(23)24)14(20)15-11-3-5-12(6-4-11)18(21)22/h3-7,9H,8H2,1-2H3,(H,15,20). The van der Waals surface area contributed by atoms with Gasteiger partial charge < -0.3 is 15.4 Å². The molecule has 2 aromatic rings. The molecule has 1 atom stereocenters. The van der Waals surface area contributed by atoms with Crippen LogP contribution in [0.3, 0.4) is 0 Å². The van der Waals surface area contributed by atoms with Crippen molar-refractivity contribution < 1.29 is 14.6 Å². The molecule has 10 nitrogen and oxygen atoms in total. The first-order chi connectivity index (χ1) is 11.3. The highest BCUT2D eigenvalue weighted by Crippen LogP contribution is 2.17. The number of aromatic nitrogens is 2. The minimum absolute atomic E-state index is 0.0690. The fraction of sp³-hybridized carbons (Fsp3) is 0.286. The van der Waals surface area contributed by atoms with Gasteiger partial charge in [0, 0.05) is 17.8 Å². The van der Waals surface area contributed by atoms with Crippen LogP contribution in [0.1, 0.15) is 12.6 Å². The third-order valence-electron chi connectivity index (χ3n) is 3.40. The molecule has 0 saturated carbocycles. The summed E-state index contributed by atoms with van der Waals surface area (Å²) in [5.74, 6) is -1.09. The van der Waals surface area contributed by atoms with E-state index in [-0.39, 0.29) is 24.0 Å². The average molecular weight is 333 g/mol. The lowest BCUT2D eigenvalue weighted by Gasteiger charge is -2.11. The van der Waals surface area contributed by atoms with E-state index < -0.39 is 15.8 Å². The largest absolute Gasteiger partial charge is 0.390 e. The topological polar surface area (TPSA) is 133 Å². The molecule has 2 rings (SSSR count). The van der Waals surface area contributed by atoms with Gasteiger partial charge in [0.1, 0.15) is 0 Å². The van der Waals surface area contributed by atoms with Crippen molar-refractivity contribution in [2.75, 3.05) is 5.32 Å². The highest BCUT2D eigenvalue weighted by atomic mass is 16.6. The molecule has 1 unspecified atom stereocenters. The molecule has 0 saturated heterocycles. The van der Waals surface area contributed by atoms with Gasteiger partial charge in [-0.2, -0.15) is 4.68 Å². The highest BCUT2D eigenvalue weighted by Gasteiger charge is 2.21. The number of anilines is 1. The summed E-state index contributed by atoms with van der Waals surface area (Å²) in [7, 11) is 0. The number of amides is 1. The fourth-order valence-electron chi connectivity index (χ4n) is 2.04. The minimum atomic E-state index is -0.592. The van der Waals surface area contributed by atoms with Gasteiger partial charge in [-0.25, -0.2) is 0 Å². The molecule has 10 heteroatoms. The lowest BCUT2D eigenvalue weighted by Crippen LogP contribution is -2.25. The number of rotatable bonds is 6. The van der Waals surface area contributed by atoms with Crippen molar-refractivity contribution in [3.05, 3.63) is 56.3 Å². The van der Waals surface area contributed by atoms with Gasteiger partial charge in [0.25, 0.3) is 5.69 Å². The van der Waals surface area contributed by atoms with Crippen LogP contribution in [0.4, 0.5) is 17.2 Å². The van der Waals surface area contributed by atoms with Crippen LogP contribution in [0.5, 0.6) is 0 Å². The van der Waals surface area contributed by atoms with Gasteiger partial charge >= 0.3 is 5.82 Å². The van der Waals surface area contributed by atoms with Crippen LogP contribution in [0.15, 0.2) is 30.3 Å². The molecule has 0 aliphatic carbocycles. The van der Waals surface area contributed by atoms with E-state index in [1.807, 2.05) is 0 Å². The predicted octanol–water partition coefficient (Wildman–Crippen LogP) is 2.28. The summed E-state index contributed by atoms with van der Waals surface area (Å²) >= 11 is 0. The summed E-state index contributed by atoms with van der Waals surface area (Å²) in [5.41, 5.74) is 0.942. The Morgan fingerprint density at radius 1 is 1.25 bits per heavy atom. The van der Waals surface area contributed by atoms with Gasteiger partial charge in [0.05, 0.1) is 34.2 Å². The molecule has 1 heterocycles. The maximum atomic E-state index is 12.2. The number of aryl methyl sites for hydroxylation is 1. The van der Waals surface area contributed by atoms with Crippen LogP contribution in [0.2, 0.25) is 0 Å². The van der Waals surface area contributed by atoms with Crippen LogP contribution in [-0.4, -0.2) is 25.5 Å². The van der Waals surface area contributed by atoms with Crippen LogP contribution in [-0.2, 0) is 11.3 Å². The second-order valence-corrected chi connectivity index (χ2v) is 5.28. The summed E-state index contributed by atoms with van der Waals surface area (Å²) in [5, 5.41) is 27.8. The van der Waals surface area contributed by atoms with E-state index in [9.17, 15) is 25.0 Å². The zero-order chi connectivity index (χ0) is 17.9. The summed E-state index contributed by atoms with van der Waals surface area (Å²) in [6.07, 6.45) is 0. The van der Waals surface area contributed by atoms with E-state index in [1.165, 1.54) is 35.0 Å². The normalized spacial score (nSPS) is 11.8. The first-order valence-electron chi connectivity index (χ1n) is 7.02. The Kier molecular flexibility index (Phi) is 4.87. The van der Waals surface area contributed by atoms with Crippen molar-refractivity contribution in [2.24, 2.45) is 5.92 Å². The number of nitrogens with one attached hydrogen (secondary N) is 1. The van der Waals surface area contributed by atoms with Crippen molar-refractivity contribution in [3.63, 3.8) is 0 Å². The van der Waals surface area contributed by atoms with Gasteiger partial charge in [-0.05, 0) is 24.0 Å². The van der Waals surface area contributed by atoms with Gasteiger partial charge in [-0.1, -0.05) is 6.92 Å². The molecule has 0 bridgehead atoms. The SMILES string of the molecule is Cc1cc([N+](=O)[O-])nn1CC(C)C(=O)Nc1ccc([N+](=O)[O-])cc1. The van der Waals surface area contributed by atoms with E-state index in [1.54, 1.807) is 13.8 Å². The maximum absolute atomic E-state index is 12.2. The molecule has 0 fully saturated rings. The van der Waals surface area contributed by atoms with Crippen molar-refractivity contribution in [3.8, 4) is 0 Å². The van der Waals surface area contributed by atoms with Crippen LogP contribution < -0.4 is 5.32 Å². The fourth-order valence-corrected chi connectivity index (χ4v) is 2.04. The highest BCUT2D eigenvalue weighted by molar-refractivity contribution is 5.92. The van der Waals surface area contributed by atoms with E-state index in [2.05, 4.69) is 10.4 Å². The smallest absolute Gasteiger partial charge is 0.358 e. The van der Waals surface area contributed by atoms with Crippen molar-refractivity contribution in [1.82, 2.24) is 9.78 Å². The Morgan fingerprint density at radius 2 is 1.88 bits per heavy atom. The molecular formula is C14H15N5O5. The Balaban J connectivity index is 2.01. The Morgan fingerprint density at radius 3 is 2.38 bits per heavy atom. The van der Waals surface area contributed by atoms with E-state index in [4.69, 9.17) is 0 Å². The number of carbonyl (C=O) groups excluding carboxylic acids is 1. The summed E-state index contributed by atoms with van der Waals surface area (Å²) < 4.78 is 1.40. The van der Waals surface area contributed by atoms with Gasteiger partial charge in [-0.15, -0.1) is 0 Å². The number of hydrogen-bond donors (Lipinski definition) is 1. The number of nitro benzene ring substituents is 1. The Labute approximate surface area is 136 Å². The molecule has 0 radical (unpaired) electrons. The predicted molar refractivity (Wildman–Crippen MR) is 84.5 cm³/mol. The summed E-state index contributed by atoms with van der Waals surface area (Å²) in [4.78, 5) is 32.3. The quantitative estimate of drug-likeness (QED) is 0.636. The molecular weight excluding hydrogens is 318 g/mol. The van der Waals surface area contributed by atoms with Crippen molar-refractivity contribution in [2.45, 2.75) is 20.4 Å². The van der Waals surface area contributed by atoms with E-state index >= 15 is 0 Å². The third-order valence-corrected chi connectivity index (χ3v) is 3.40. The molecule has 126 valence electrons. The molecule has 1 N–H and O–H groups in total. The number of nitrogens with zero attached hydrogens (tertiary/aromatic N) is 4. The molecule has 0 aliphatic heterocycles. The minimum Gasteiger partial charge on any atom is -0.358 e. The summed E-state index contributed by atoms with van der Waals surface area (Å²) in [6, 6.07) is 6.79. The van der Waals surface area contributed by atoms with Crippen LogP contribution >= 0.6 is 0 Å². The number of hydrogen-bond acceptors (Lipinski definition) is 6. The number of non-ortho nitro benzene ring substituents is 1. The first kappa shape index (κ1) is 17.1. The maximum Gasteiger partial charge on any atom is 0.390 e. The van der Waals surface area contributed by atoms with Crippen molar-refractivity contribution in [1.29, 1.82) is 0 Å². The molecule has 0 spiro atoms. The molecule has 1 aromatic carbocycles. The lowest BCUT2D eigenvalue weighted by atomic mass is 10.1. The average Bonchev–Trinajstić information content (AvgIpc) is 2.89. The van der Waals surface area contributed by atoms with Crippen molar-refractivity contribution >= 4 is 23.1 Å². The molecule has 1 aromatic heterocycles. The van der Waals surface area contributed by atoms with Crippen LogP contribution in [0.25, 0.3) is 0 Å². The monoisotopic (exact) mass is 333 g/mol. The van der Waals surface area contributed by atoms with Crippen LogP contribution in [0, 0.1) is 33.1 Å². The number of nitro groups is 2. The van der Waals surface area contributed by atoms with Gasteiger partial charge in [0.15, 0.2) is 0 Å². The molecule has 0 aliphatic rings. The molecule has 1 amide bonds. The number of carbonyl (C=O) groups is 1. The number of benzene rings is 1. The zero-order valence-corrected chi connectivity index (χ0v) is 13.0. The Hall–Kier alpha value is -3.30. The summed E-state index contributed by atoms with van der Waals surface area (Å²) in [6.45, 7) is 3.51. The zero-order valence-electron chi connectivity index (χ0n) is 13.0. The third kappa shape index (κ3) is 3.91. The van der Waals surface area contributed by atoms with Gasteiger partial charge in [-0.3, -0.25) is 14.9 Å². The second-order valence-electron chi connectivity index (χ2n) is 5.28. The first-order valence-corrected chi connectivity index (χ1v) is 7.02. The second kappa shape index (κ2) is 6.86.